The van der Waals surface area contributed by atoms with E-state index >= 15 is 0 Å². The van der Waals surface area contributed by atoms with Crippen molar-refractivity contribution in [2.45, 2.75) is 24.7 Å². The zero-order valence-corrected chi connectivity index (χ0v) is 10.4. The van der Waals surface area contributed by atoms with E-state index in [9.17, 15) is 0 Å². The van der Waals surface area contributed by atoms with Gasteiger partial charge in [0.1, 0.15) is 5.75 Å². The third-order valence-electron chi connectivity index (χ3n) is 3.75. The van der Waals surface area contributed by atoms with E-state index in [1.165, 1.54) is 5.56 Å². The molecule has 0 unspecified atom stereocenters. The van der Waals surface area contributed by atoms with E-state index in [4.69, 9.17) is 15.2 Å². The van der Waals surface area contributed by atoms with Crippen LogP contribution in [-0.4, -0.2) is 26.9 Å². The Morgan fingerprint density at radius 2 is 2.12 bits per heavy atom. The minimum atomic E-state index is 0.182. The van der Waals surface area contributed by atoms with Crippen LogP contribution in [0.15, 0.2) is 24.3 Å². The summed E-state index contributed by atoms with van der Waals surface area (Å²) in [6.45, 7) is 2.38. The van der Waals surface area contributed by atoms with E-state index < -0.39 is 0 Å². The number of nitrogens with two attached hydrogens (primary N) is 1. The number of hydrogen-bond acceptors (Lipinski definition) is 3. The Labute approximate surface area is 103 Å². The first-order valence-electron chi connectivity index (χ1n) is 6.23. The van der Waals surface area contributed by atoms with E-state index in [0.717, 1.165) is 44.8 Å². The summed E-state index contributed by atoms with van der Waals surface area (Å²) >= 11 is 0. The number of rotatable bonds is 4. The van der Waals surface area contributed by atoms with Crippen LogP contribution in [0.1, 0.15) is 24.8 Å². The first-order valence-corrected chi connectivity index (χ1v) is 6.23. The molecule has 0 atom stereocenters. The first-order chi connectivity index (χ1) is 8.30. The van der Waals surface area contributed by atoms with Gasteiger partial charge in [-0.25, -0.2) is 0 Å². The Kier molecular flexibility index (Phi) is 4.02. The maximum absolute atomic E-state index is 5.78. The fourth-order valence-corrected chi connectivity index (χ4v) is 2.67. The lowest BCUT2D eigenvalue weighted by Crippen LogP contribution is -2.35. The number of ether oxygens (including phenoxy) is 2. The van der Waals surface area contributed by atoms with E-state index in [-0.39, 0.29) is 5.41 Å². The molecule has 2 N–H and O–H groups in total. The minimum Gasteiger partial charge on any atom is -0.497 e. The van der Waals surface area contributed by atoms with Crippen molar-refractivity contribution in [2.75, 3.05) is 26.9 Å². The summed E-state index contributed by atoms with van der Waals surface area (Å²) < 4.78 is 10.8. The molecule has 2 rings (SSSR count). The molecular formula is C14H21NO2. The normalized spacial score (nSPS) is 18.9. The standard InChI is InChI=1S/C14H21NO2/c1-16-13-4-2-3-12(11-13)14(5-8-15)6-9-17-10-7-14/h2-4,11H,5-10,15H2,1H3. The van der Waals surface area contributed by atoms with Crippen LogP contribution in [0.4, 0.5) is 0 Å². The van der Waals surface area contributed by atoms with Crippen molar-refractivity contribution < 1.29 is 9.47 Å². The van der Waals surface area contributed by atoms with Crippen molar-refractivity contribution in [2.24, 2.45) is 5.73 Å². The lowest BCUT2D eigenvalue weighted by Gasteiger charge is -2.37. The summed E-state index contributed by atoms with van der Waals surface area (Å²) in [5, 5.41) is 0. The zero-order valence-electron chi connectivity index (χ0n) is 10.4. The molecule has 3 nitrogen and oxygen atoms in total. The van der Waals surface area contributed by atoms with Crippen LogP contribution in [0.5, 0.6) is 5.75 Å². The molecule has 94 valence electrons. The van der Waals surface area contributed by atoms with Gasteiger partial charge < -0.3 is 15.2 Å². The summed E-state index contributed by atoms with van der Waals surface area (Å²) in [5.41, 5.74) is 7.30. The Morgan fingerprint density at radius 3 is 2.76 bits per heavy atom. The molecule has 1 aliphatic rings. The van der Waals surface area contributed by atoms with Gasteiger partial charge in [-0.2, -0.15) is 0 Å². The third-order valence-corrected chi connectivity index (χ3v) is 3.75. The molecular weight excluding hydrogens is 214 g/mol. The van der Waals surface area contributed by atoms with Crippen LogP contribution in [-0.2, 0) is 10.2 Å². The van der Waals surface area contributed by atoms with Gasteiger partial charge in [0.15, 0.2) is 0 Å². The van der Waals surface area contributed by atoms with Gasteiger partial charge in [0.25, 0.3) is 0 Å². The van der Waals surface area contributed by atoms with Crippen molar-refractivity contribution in [3.8, 4) is 5.75 Å². The molecule has 0 aromatic heterocycles. The molecule has 0 radical (unpaired) electrons. The van der Waals surface area contributed by atoms with Crippen LogP contribution in [0.25, 0.3) is 0 Å². The number of benzene rings is 1. The van der Waals surface area contributed by atoms with Crippen molar-refractivity contribution in [3.05, 3.63) is 29.8 Å². The highest BCUT2D eigenvalue weighted by molar-refractivity contribution is 5.34. The van der Waals surface area contributed by atoms with Gasteiger partial charge in [0.2, 0.25) is 0 Å². The molecule has 17 heavy (non-hydrogen) atoms. The predicted molar refractivity (Wildman–Crippen MR) is 68.4 cm³/mol. The van der Waals surface area contributed by atoms with Gasteiger partial charge in [-0.3, -0.25) is 0 Å². The summed E-state index contributed by atoms with van der Waals surface area (Å²) in [5.74, 6) is 0.922. The molecule has 1 fully saturated rings. The van der Waals surface area contributed by atoms with Gasteiger partial charge in [0.05, 0.1) is 7.11 Å². The van der Waals surface area contributed by atoms with Gasteiger partial charge in [-0.05, 0) is 43.5 Å². The molecule has 1 aromatic rings. The summed E-state index contributed by atoms with van der Waals surface area (Å²) in [4.78, 5) is 0. The molecule has 1 heterocycles. The Morgan fingerprint density at radius 1 is 1.35 bits per heavy atom. The fourth-order valence-electron chi connectivity index (χ4n) is 2.67. The van der Waals surface area contributed by atoms with Crippen molar-refractivity contribution in [1.29, 1.82) is 0 Å². The van der Waals surface area contributed by atoms with Gasteiger partial charge >= 0.3 is 0 Å². The van der Waals surface area contributed by atoms with Crippen molar-refractivity contribution in [3.63, 3.8) is 0 Å². The molecule has 1 saturated heterocycles. The zero-order chi connectivity index (χ0) is 12.1. The maximum Gasteiger partial charge on any atom is 0.119 e. The SMILES string of the molecule is COc1cccc(C2(CCN)CCOCC2)c1. The molecule has 1 aromatic carbocycles. The van der Waals surface area contributed by atoms with Gasteiger partial charge in [-0.15, -0.1) is 0 Å². The second-order valence-corrected chi connectivity index (χ2v) is 4.66. The monoisotopic (exact) mass is 235 g/mol. The van der Waals surface area contributed by atoms with Gasteiger partial charge in [-0.1, -0.05) is 12.1 Å². The fraction of sp³-hybridized carbons (Fsp3) is 0.571. The topological polar surface area (TPSA) is 44.5 Å². The maximum atomic E-state index is 5.78. The smallest absolute Gasteiger partial charge is 0.119 e. The third kappa shape index (κ3) is 2.61. The van der Waals surface area contributed by atoms with Gasteiger partial charge in [0, 0.05) is 18.6 Å². The lowest BCUT2D eigenvalue weighted by atomic mass is 9.72. The minimum absolute atomic E-state index is 0.182. The molecule has 0 amide bonds. The highest BCUT2D eigenvalue weighted by Crippen LogP contribution is 2.38. The van der Waals surface area contributed by atoms with Crippen LogP contribution in [0.3, 0.4) is 0 Å². The average Bonchev–Trinajstić information content (AvgIpc) is 2.40. The Bertz CT molecular complexity index is 353. The van der Waals surface area contributed by atoms with Crippen molar-refractivity contribution in [1.82, 2.24) is 0 Å². The van der Waals surface area contributed by atoms with E-state index in [0.29, 0.717) is 0 Å². The summed E-state index contributed by atoms with van der Waals surface area (Å²) in [6.07, 6.45) is 3.12. The molecule has 0 aliphatic carbocycles. The van der Waals surface area contributed by atoms with E-state index in [1.807, 2.05) is 6.07 Å². The van der Waals surface area contributed by atoms with Crippen LogP contribution in [0.2, 0.25) is 0 Å². The quantitative estimate of drug-likeness (QED) is 0.869. The lowest BCUT2D eigenvalue weighted by molar-refractivity contribution is 0.0476. The highest BCUT2D eigenvalue weighted by Gasteiger charge is 2.33. The molecule has 3 heteroatoms. The first kappa shape index (κ1) is 12.4. The second kappa shape index (κ2) is 5.52. The summed E-state index contributed by atoms with van der Waals surface area (Å²) in [6, 6.07) is 8.37. The Balaban J connectivity index is 2.30. The second-order valence-electron chi connectivity index (χ2n) is 4.66. The molecule has 0 bridgehead atoms. The highest BCUT2D eigenvalue weighted by atomic mass is 16.5. The van der Waals surface area contributed by atoms with Crippen LogP contribution < -0.4 is 10.5 Å². The van der Waals surface area contributed by atoms with Crippen LogP contribution in [0, 0.1) is 0 Å². The molecule has 0 saturated carbocycles. The van der Waals surface area contributed by atoms with E-state index in [2.05, 4.69) is 18.2 Å². The van der Waals surface area contributed by atoms with Crippen molar-refractivity contribution >= 4 is 0 Å². The number of hydrogen-bond donors (Lipinski definition) is 1. The molecule has 0 spiro atoms. The number of methoxy groups -OCH3 is 1. The summed E-state index contributed by atoms with van der Waals surface area (Å²) in [7, 11) is 1.71. The van der Waals surface area contributed by atoms with E-state index in [1.54, 1.807) is 7.11 Å². The average molecular weight is 235 g/mol. The molecule has 1 aliphatic heterocycles. The Hall–Kier alpha value is -1.06. The predicted octanol–water partition coefficient (Wildman–Crippen LogP) is 2.09. The van der Waals surface area contributed by atoms with Crippen LogP contribution >= 0.6 is 0 Å². The largest absolute Gasteiger partial charge is 0.497 e.